The molecule has 0 N–H and O–H groups in total. The molecule has 0 radical (unpaired) electrons. The van der Waals surface area contributed by atoms with Gasteiger partial charge in [0.1, 0.15) is 0 Å². The molecule has 0 amide bonds. The van der Waals surface area contributed by atoms with E-state index < -0.39 is 0 Å². The summed E-state index contributed by atoms with van der Waals surface area (Å²) in [6.45, 7) is 6.66. The second-order valence-corrected chi connectivity index (χ2v) is 8.37. The molecule has 0 saturated carbocycles. The number of allylic oxidation sites excluding steroid dienone is 4. The molecule has 1 nitrogen and oxygen atoms in total. The van der Waals surface area contributed by atoms with Gasteiger partial charge in [0.2, 0.25) is 0 Å². The summed E-state index contributed by atoms with van der Waals surface area (Å²) < 4.78 is 0. The number of rotatable bonds is 1. The Balaban J connectivity index is 0.000000162. The molecule has 0 unspecified atom stereocenters. The molecule has 2 aromatic rings. The van der Waals surface area contributed by atoms with Crippen molar-refractivity contribution in [3.63, 3.8) is 0 Å². The van der Waals surface area contributed by atoms with E-state index in [-0.39, 0.29) is 34.6 Å². The van der Waals surface area contributed by atoms with Crippen LogP contribution in [-0.4, -0.2) is 19.8 Å². The van der Waals surface area contributed by atoms with Gasteiger partial charge in [-0.25, -0.2) is 4.99 Å². The van der Waals surface area contributed by atoms with E-state index in [1.165, 1.54) is 21.9 Å². The van der Waals surface area contributed by atoms with E-state index in [1.807, 2.05) is 6.08 Å². The number of aliphatic imine (C=N–C) groups is 1. The monoisotopic (exact) mass is 392 g/mol. The van der Waals surface area contributed by atoms with Gasteiger partial charge in [0.05, 0.1) is 11.4 Å². The number of nitrogens with zero attached hydrogens (tertiary/aromatic N) is 1. The average Bonchev–Trinajstić information content (AvgIpc) is 3.11. The van der Waals surface area contributed by atoms with Crippen LogP contribution in [0.4, 0.5) is 0 Å². The van der Waals surface area contributed by atoms with Crippen LogP contribution < -0.4 is 0 Å². The summed E-state index contributed by atoms with van der Waals surface area (Å²) in [7, 11) is -0.300. The van der Waals surface area contributed by atoms with Crippen LogP contribution >= 0.6 is 0 Å². The van der Waals surface area contributed by atoms with Gasteiger partial charge in [-0.1, -0.05) is 43.9 Å². The van der Waals surface area contributed by atoms with Gasteiger partial charge < -0.3 is 0 Å². The molecule has 1 aliphatic carbocycles. The van der Waals surface area contributed by atoms with Crippen molar-refractivity contribution in [2.45, 2.75) is 20.0 Å². The molecule has 1 aliphatic heterocycles. The molecule has 0 saturated heterocycles. The summed E-state index contributed by atoms with van der Waals surface area (Å²) in [5.74, 6) is 0. The standard InChI is InChI=1S/C10H11NSi.C10H9.Zr/c1-12(2)7-9-6-8-4-3-5-10(8)11-9;1-8-6-9-4-2-3-5-10(9)7-8;/h3-7H,1-2H3;2-7H,1H3;/q;-1;. The van der Waals surface area contributed by atoms with Gasteiger partial charge in [-0.05, 0) is 12.2 Å². The summed E-state index contributed by atoms with van der Waals surface area (Å²) in [4.78, 5) is 4.48. The molecule has 3 heteroatoms. The number of hydrogen-bond acceptors (Lipinski definition) is 1. The maximum atomic E-state index is 4.48. The minimum atomic E-state index is -0.300. The Morgan fingerprint density at radius 2 is 1.96 bits per heavy atom. The van der Waals surface area contributed by atoms with E-state index in [4.69, 9.17) is 0 Å². The smallest absolute Gasteiger partial charge is 0.0709 e. The first kappa shape index (κ1) is 18.0. The summed E-state index contributed by atoms with van der Waals surface area (Å²) in [6.07, 6.45) is 8.38. The minimum absolute atomic E-state index is 0. The molecule has 4 rings (SSSR count). The third-order valence-corrected chi connectivity index (χ3v) is 4.45. The zero-order chi connectivity index (χ0) is 15.5. The van der Waals surface area contributed by atoms with Crippen molar-refractivity contribution in [2.75, 3.05) is 0 Å². The van der Waals surface area contributed by atoms with Crippen LogP contribution in [0.15, 0.2) is 77.0 Å². The van der Waals surface area contributed by atoms with Gasteiger partial charge >= 0.3 is 0 Å². The SMILES string of the molecule is C[Si](C)=CC1=NC2=CC=CC2=C1.Cc1cc2ccccc2[cH-]1.[Zr]. The first-order valence-electron chi connectivity index (χ1n) is 7.58. The maximum absolute atomic E-state index is 4.48. The zero-order valence-electron chi connectivity index (χ0n) is 13.8. The van der Waals surface area contributed by atoms with Gasteiger partial charge in [0, 0.05) is 40.2 Å². The second-order valence-electron chi connectivity index (χ2n) is 5.93. The first-order chi connectivity index (χ1) is 10.6. The fourth-order valence-corrected chi connectivity index (χ4v) is 3.39. The van der Waals surface area contributed by atoms with Gasteiger partial charge in [-0.2, -0.15) is 6.07 Å². The second kappa shape index (κ2) is 7.99. The molecule has 114 valence electrons. The molecular weight excluding hydrogens is 374 g/mol. The van der Waals surface area contributed by atoms with Crippen LogP contribution in [0.1, 0.15) is 5.56 Å². The van der Waals surface area contributed by atoms with E-state index in [1.54, 1.807) is 0 Å². The predicted molar refractivity (Wildman–Crippen MR) is 101 cm³/mol. The summed E-state index contributed by atoms with van der Waals surface area (Å²) in [6, 6.07) is 12.8. The zero-order valence-corrected chi connectivity index (χ0v) is 17.3. The molecule has 1 heterocycles. The van der Waals surface area contributed by atoms with Gasteiger partial charge in [-0.15, -0.1) is 40.6 Å². The fraction of sp³-hybridized carbons (Fsp3) is 0.150. The Morgan fingerprint density at radius 1 is 1.17 bits per heavy atom. The topological polar surface area (TPSA) is 12.4 Å². The van der Waals surface area contributed by atoms with Gasteiger partial charge in [0.15, 0.2) is 0 Å². The number of benzene rings is 1. The molecule has 0 bridgehead atoms. The van der Waals surface area contributed by atoms with Gasteiger partial charge in [0.25, 0.3) is 0 Å². The van der Waals surface area contributed by atoms with Crippen LogP contribution in [0.2, 0.25) is 13.1 Å². The molecule has 0 spiro atoms. The quantitative estimate of drug-likeness (QED) is 0.486. The average molecular weight is 394 g/mol. The summed E-state index contributed by atoms with van der Waals surface area (Å²) >= 11 is 0. The fourth-order valence-electron chi connectivity index (χ4n) is 2.65. The van der Waals surface area contributed by atoms with Crippen molar-refractivity contribution < 1.29 is 26.2 Å². The van der Waals surface area contributed by atoms with E-state index in [0.717, 1.165) is 11.4 Å². The summed E-state index contributed by atoms with van der Waals surface area (Å²) in [5.41, 5.74) is 7.18. The third-order valence-electron chi connectivity index (χ3n) is 3.58. The Kier molecular flexibility index (Phi) is 6.26. The van der Waals surface area contributed by atoms with Gasteiger partial charge in [-0.3, -0.25) is 0 Å². The summed E-state index contributed by atoms with van der Waals surface area (Å²) in [5, 5.41) is 2.69. The number of aryl methyl sites for hydroxylation is 1. The Labute approximate surface area is 158 Å². The number of fused-ring (bicyclic) bond motifs is 2. The van der Waals surface area contributed by atoms with E-state index in [9.17, 15) is 0 Å². The third kappa shape index (κ3) is 4.59. The van der Waals surface area contributed by atoms with Crippen molar-refractivity contribution in [3.05, 3.63) is 77.5 Å². The molecule has 2 aromatic carbocycles. The van der Waals surface area contributed by atoms with Crippen LogP contribution in [0.3, 0.4) is 0 Å². The minimum Gasteiger partial charge on any atom is -0.249 e. The normalized spacial score (nSPS) is 14.1. The van der Waals surface area contributed by atoms with E-state index in [2.05, 4.69) is 85.3 Å². The van der Waals surface area contributed by atoms with Crippen molar-refractivity contribution in [2.24, 2.45) is 4.99 Å². The predicted octanol–water partition coefficient (Wildman–Crippen LogP) is 4.82. The van der Waals surface area contributed by atoms with E-state index in [0.29, 0.717) is 0 Å². The van der Waals surface area contributed by atoms with Crippen molar-refractivity contribution in [1.82, 2.24) is 0 Å². The molecule has 0 aromatic heterocycles. The molecule has 23 heavy (non-hydrogen) atoms. The van der Waals surface area contributed by atoms with E-state index >= 15 is 0 Å². The van der Waals surface area contributed by atoms with Crippen molar-refractivity contribution in [3.8, 4) is 0 Å². The first-order valence-corrected chi connectivity index (χ1v) is 10.2. The molecule has 0 fully saturated rings. The molecule has 2 aliphatic rings. The largest absolute Gasteiger partial charge is 0.249 e. The molecule has 0 atom stereocenters. The maximum Gasteiger partial charge on any atom is 0.0709 e. The molecular formula is C20H20NSiZr-. The van der Waals surface area contributed by atoms with Crippen LogP contribution in [0.25, 0.3) is 10.8 Å². The van der Waals surface area contributed by atoms with Crippen LogP contribution in [0.5, 0.6) is 0 Å². The van der Waals surface area contributed by atoms with Crippen molar-refractivity contribution >= 4 is 30.6 Å². The van der Waals surface area contributed by atoms with Crippen LogP contribution in [-0.2, 0) is 26.2 Å². The Hall–Kier alpha value is -1.31. The van der Waals surface area contributed by atoms with Crippen LogP contribution in [0, 0.1) is 6.92 Å². The Morgan fingerprint density at radius 3 is 2.65 bits per heavy atom. The Bertz CT molecular complexity index is 826. The van der Waals surface area contributed by atoms with Crippen molar-refractivity contribution in [1.29, 1.82) is 0 Å². The number of hydrogen-bond donors (Lipinski definition) is 0.